The molecule has 1 heterocycles. The van der Waals surface area contributed by atoms with E-state index in [4.69, 9.17) is 16.3 Å². The van der Waals surface area contributed by atoms with Crippen LogP contribution in [0.25, 0.3) is 0 Å². The molecule has 7 nitrogen and oxygen atoms in total. The van der Waals surface area contributed by atoms with Gasteiger partial charge in [0, 0.05) is 10.6 Å². The average Bonchev–Trinajstić information content (AvgIpc) is 3.47. The van der Waals surface area contributed by atoms with Crippen molar-refractivity contribution in [2.24, 2.45) is 28.8 Å². The second-order valence-corrected chi connectivity index (χ2v) is 8.67. The molecular formula is C24H19ClFN3O4. The summed E-state index contributed by atoms with van der Waals surface area (Å²) >= 11 is 6.09. The van der Waals surface area contributed by atoms with Gasteiger partial charge in [-0.15, -0.1) is 0 Å². The molecule has 1 N–H and O–H groups in total. The predicted molar refractivity (Wildman–Crippen MR) is 119 cm³/mol. The highest BCUT2D eigenvalue weighted by Gasteiger charge is 2.59. The maximum absolute atomic E-state index is 13.7. The Balaban J connectivity index is 1.29. The van der Waals surface area contributed by atoms with Crippen molar-refractivity contribution in [3.63, 3.8) is 0 Å². The summed E-state index contributed by atoms with van der Waals surface area (Å²) in [6.45, 7) is -0.391. The lowest BCUT2D eigenvalue weighted by atomic mass is 9.85. The first kappa shape index (κ1) is 21.3. The highest BCUT2D eigenvalue weighted by molar-refractivity contribution is 6.31. The Morgan fingerprint density at radius 3 is 2.55 bits per heavy atom. The quantitative estimate of drug-likeness (QED) is 0.399. The second-order valence-electron chi connectivity index (χ2n) is 8.23. The van der Waals surface area contributed by atoms with Crippen LogP contribution in [0, 0.1) is 29.5 Å². The summed E-state index contributed by atoms with van der Waals surface area (Å²) in [7, 11) is 0. The van der Waals surface area contributed by atoms with Crippen molar-refractivity contribution in [2.45, 2.75) is 6.42 Å². The number of carbonyl (C=O) groups excluding carboxylic acids is 3. The summed E-state index contributed by atoms with van der Waals surface area (Å²) in [5, 5.41) is 7.88. The summed E-state index contributed by atoms with van der Waals surface area (Å²) in [5.74, 6) is -1.95. The largest absolute Gasteiger partial charge is 0.483 e. The number of nitrogens with zero attached hydrogens (tertiary/aromatic N) is 2. The van der Waals surface area contributed by atoms with Crippen molar-refractivity contribution < 1.29 is 23.5 Å². The molecule has 2 fully saturated rings. The van der Waals surface area contributed by atoms with Gasteiger partial charge in [0.1, 0.15) is 11.6 Å². The van der Waals surface area contributed by atoms with E-state index >= 15 is 0 Å². The third kappa shape index (κ3) is 3.91. The van der Waals surface area contributed by atoms with Gasteiger partial charge in [-0.25, -0.2) is 4.39 Å². The molecule has 1 saturated carbocycles. The Labute approximate surface area is 193 Å². The molecule has 0 spiro atoms. The highest BCUT2D eigenvalue weighted by Crippen LogP contribution is 2.52. The van der Waals surface area contributed by atoms with E-state index in [0.717, 1.165) is 11.4 Å². The van der Waals surface area contributed by atoms with Crippen LogP contribution in [-0.4, -0.2) is 35.6 Å². The van der Waals surface area contributed by atoms with Gasteiger partial charge in [0.2, 0.25) is 0 Å². The van der Waals surface area contributed by atoms with Crippen molar-refractivity contribution in [2.75, 3.05) is 11.9 Å². The molecule has 33 heavy (non-hydrogen) atoms. The molecule has 0 aromatic heterocycles. The average molecular weight is 468 g/mol. The van der Waals surface area contributed by atoms with Gasteiger partial charge in [-0.2, -0.15) is 10.1 Å². The molecule has 9 heteroatoms. The second kappa shape index (κ2) is 8.44. The van der Waals surface area contributed by atoms with Crippen molar-refractivity contribution in [3.05, 3.63) is 71.0 Å². The van der Waals surface area contributed by atoms with E-state index in [0.29, 0.717) is 10.6 Å². The van der Waals surface area contributed by atoms with Crippen molar-refractivity contribution in [1.29, 1.82) is 0 Å². The normalized spacial score (nSPS) is 25.2. The van der Waals surface area contributed by atoms with Crippen LogP contribution in [0.4, 0.5) is 10.1 Å². The minimum Gasteiger partial charge on any atom is -0.483 e. The molecule has 2 bridgehead atoms. The molecule has 2 aliphatic carbocycles. The van der Waals surface area contributed by atoms with Crippen molar-refractivity contribution in [1.82, 2.24) is 5.01 Å². The monoisotopic (exact) mass is 467 g/mol. The number of amides is 3. The maximum atomic E-state index is 13.7. The molecule has 1 saturated heterocycles. The number of benzene rings is 2. The fraction of sp³-hybridized carbons (Fsp3) is 0.250. The number of fused-ring (bicyclic) bond motifs is 5. The van der Waals surface area contributed by atoms with E-state index in [2.05, 4.69) is 10.4 Å². The molecule has 3 amide bonds. The molecule has 3 aliphatic rings. The Hall–Kier alpha value is -3.52. The van der Waals surface area contributed by atoms with Crippen LogP contribution in [0.5, 0.6) is 5.75 Å². The van der Waals surface area contributed by atoms with Crippen LogP contribution in [0.3, 0.4) is 0 Å². The Bertz CT molecular complexity index is 1180. The number of rotatable bonds is 6. The number of anilines is 1. The topological polar surface area (TPSA) is 88.1 Å². The summed E-state index contributed by atoms with van der Waals surface area (Å²) in [6.07, 6.45) is 6.19. The molecule has 1 aliphatic heterocycles. The Morgan fingerprint density at radius 1 is 1.15 bits per heavy atom. The van der Waals surface area contributed by atoms with Gasteiger partial charge in [0.25, 0.3) is 17.7 Å². The Kier molecular flexibility index (Phi) is 5.46. The van der Waals surface area contributed by atoms with Gasteiger partial charge in [-0.05, 0) is 48.6 Å². The van der Waals surface area contributed by atoms with Crippen LogP contribution < -0.4 is 10.1 Å². The zero-order valence-electron chi connectivity index (χ0n) is 17.3. The first-order chi connectivity index (χ1) is 15.9. The van der Waals surface area contributed by atoms with Gasteiger partial charge < -0.3 is 10.1 Å². The molecule has 168 valence electrons. The molecule has 0 unspecified atom stereocenters. The SMILES string of the molecule is O=C(COc1ccc(Cl)cc1C=NN1C(=O)[C@@H]2[C@H](C1=O)[C@H]1C=C[C@H]2C1)Nc1ccccc1F. The number of ether oxygens (including phenoxy) is 1. The van der Waals surface area contributed by atoms with Crippen LogP contribution in [0.1, 0.15) is 12.0 Å². The van der Waals surface area contributed by atoms with Gasteiger partial charge >= 0.3 is 0 Å². The van der Waals surface area contributed by atoms with Gasteiger partial charge in [0.05, 0.1) is 23.7 Å². The number of allylic oxidation sites excluding steroid dienone is 2. The molecule has 2 aromatic rings. The van der Waals surface area contributed by atoms with E-state index in [1.165, 1.54) is 24.4 Å². The number of para-hydroxylation sites is 1. The maximum Gasteiger partial charge on any atom is 0.262 e. The number of halogens is 2. The lowest BCUT2D eigenvalue weighted by molar-refractivity contribution is -0.140. The molecule has 4 atom stereocenters. The zero-order chi connectivity index (χ0) is 23.1. The minimum absolute atomic E-state index is 0.0454. The Morgan fingerprint density at radius 2 is 1.85 bits per heavy atom. The molecule has 2 aromatic carbocycles. The molecule has 0 radical (unpaired) electrons. The first-order valence-corrected chi connectivity index (χ1v) is 10.9. The lowest BCUT2D eigenvalue weighted by Gasteiger charge is -2.13. The number of carbonyl (C=O) groups is 3. The van der Waals surface area contributed by atoms with Gasteiger partial charge in [0.15, 0.2) is 6.61 Å². The van der Waals surface area contributed by atoms with Crippen LogP contribution >= 0.6 is 11.6 Å². The zero-order valence-corrected chi connectivity index (χ0v) is 18.0. The minimum atomic E-state index is -0.557. The van der Waals surface area contributed by atoms with Crippen LogP contribution in [-0.2, 0) is 14.4 Å². The number of hydrogen-bond acceptors (Lipinski definition) is 5. The number of imide groups is 1. The summed E-state index contributed by atoms with van der Waals surface area (Å²) in [5.41, 5.74) is 0.434. The fourth-order valence-electron chi connectivity index (χ4n) is 4.76. The number of hydrogen-bond donors (Lipinski definition) is 1. The molecular weight excluding hydrogens is 449 g/mol. The summed E-state index contributed by atoms with van der Waals surface area (Å²) in [6, 6.07) is 10.5. The van der Waals surface area contributed by atoms with E-state index in [9.17, 15) is 18.8 Å². The fourth-order valence-corrected chi connectivity index (χ4v) is 4.94. The van der Waals surface area contributed by atoms with E-state index in [1.54, 1.807) is 24.3 Å². The van der Waals surface area contributed by atoms with Crippen molar-refractivity contribution in [3.8, 4) is 5.75 Å². The number of hydrazone groups is 1. The third-order valence-electron chi connectivity index (χ3n) is 6.24. The van der Waals surface area contributed by atoms with E-state index in [-0.39, 0.29) is 46.9 Å². The predicted octanol–water partition coefficient (Wildman–Crippen LogP) is 3.64. The summed E-state index contributed by atoms with van der Waals surface area (Å²) in [4.78, 5) is 37.8. The smallest absolute Gasteiger partial charge is 0.262 e. The summed E-state index contributed by atoms with van der Waals surface area (Å²) < 4.78 is 19.3. The van der Waals surface area contributed by atoms with Gasteiger partial charge in [-0.1, -0.05) is 35.9 Å². The van der Waals surface area contributed by atoms with Crippen LogP contribution in [0.2, 0.25) is 5.02 Å². The van der Waals surface area contributed by atoms with E-state index in [1.807, 2.05) is 12.2 Å². The molecule has 5 rings (SSSR count). The van der Waals surface area contributed by atoms with Gasteiger partial charge in [-0.3, -0.25) is 14.4 Å². The van der Waals surface area contributed by atoms with Crippen LogP contribution in [0.15, 0.2) is 59.7 Å². The van der Waals surface area contributed by atoms with Crippen molar-refractivity contribution >= 4 is 41.2 Å². The van der Waals surface area contributed by atoms with E-state index < -0.39 is 18.3 Å². The highest BCUT2D eigenvalue weighted by atomic mass is 35.5. The third-order valence-corrected chi connectivity index (χ3v) is 6.47. The lowest BCUT2D eigenvalue weighted by Crippen LogP contribution is -2.28. The number of nitrogens with one attached hydrogen (secondary N) is 1. The first-order valence-electron chi connectivity index (χ1n) is 10.5. The standard InChI is InChI=1S/C24H19ClFN3O4/c25-16-7-8-19(33-12-20(30)28-18-4-2-1-3-17(18)26)15(10-16)11-27-29-23(31)21-13-5-6-14(9-13)22(21)24(29)32/h1-8,10-11,13-14,21-22H,9,12H2,(H,28,30)/t13-,14-,21-,22+/m0/s1.